The topological polar surface area (TPSA) is 49.4 Å². The minimum Gasteiger partial charge on any atom is -0.345 e. The molecule has 0 bridgehead atoms. The average Bonchev–Trinajstić information content (AvgIpc) is 2.78. The summed E-state index contributed by atoms with van der Waals surface area (Å²) in [6.45, 7) is 6.41. The summed E-state index contributed by atoms with van der Waals surface area (Å²) >= 11 is 1.74. The largest absolute Gasteiger partial charge is 0.345 e. The molecule has 2 rings (SSSR count). The van der Waals surface area contributed by atoms with Crippen molar-refractivity contribution in [3.05, 3.63) is 21.9 Å². The number of carbonyl (C=O) groups excluding carboxylic acids is 2. The fourth-order valence-corrected chi connectivity index (χ4v) is 3.26. The van der Waals surface area contributed by atoms with Gasteiger partial charge in [0.2, 0.25) is 11.8 Å². The van der Waals surface area contributed by atoms with Crippen LogP contribution in [0.4, 0.5) is 0 Å². The summed E-state index contributed by atoms with van der Waals surface area (Å²) in [5.41, 5.74) is 0. The molecule has 2 amide bonds. The minimum atomic E-state index is -0.428. The summed E-state index contributed by atoms with van der Waals surface area (Å²) in [5.74, 6) is -0.0407. The van der Waals surface area contributed by atoms with Crippen molar-refractivity contribution in [2.24, 2.45) is 0 Å². The van der Waals surface area contributed by atoms with Gasteiger partial charge in [0, 0.05) is 22.2 Å². The molecule has 5 heteroatoms. The molecule has 0 aliphatic carbocycles. The number of amides is 2. The van der Waals surface area contributed by atoms with Gasteiger partial charge in [-0.1, -0.05) is 6.92 Å². The molecule has 1 saturated heterocycles. The molecular formula is C14H20N2O2S. The van der Waals surface area contributed by atoms with Gasteiger partial charge in [-0.15, -0.1) is 11.3 Å². The number of carbonyl (C=O) groups is 2. The van der Waals surface area contributed by atoms with Crippen molar-refractivity contribution >= 4 is 23.2 Å². The average molecular weight is 280 g/mol. The van der Waals surface area contributed by atoms with E-state index in [4.69, 9.17) is 0 Å². The van der Waals surface area contributed by atoms with E-state index in [9.17, 15) is 9.59 Å². The van der Waals surface area contributed by atoms with Gasteiger partial charge in [0.05, 0.1) is 6.54 Å². The second kappa shape index (κ2) is 5.74. The maximum atomic E-state index is 12.3. The SMILES string of the molecule is CCc1ccc(CN2C(=O)C(C)NC(=O)CC2C)s1. The Balaban J connectivity index is 2.15. The molecule has 2 heterocycles. The van der Waals surface area contributed by atoms with Crippen molar-refractivity contribution < 1.29 is 9.59 Å². The van der Waals surface area contributed by atoms with Gasteiger partial charge < -0.3 is 10.2 Å². The Morgan fingerprint density at radius 2 is 2.00 bits per heavy atom. The molecule has 1 N–H and O–H groups in total. The monoisotopic (exact) mass is 280 g/mol. The number of nitrogens with one attached hydrogen (secondary N) is 1. The Labute approximate surface area is 117 Å². The van der Waals surface area contributed by atoms with Crippen molar-refractivity contribution in [3.63, 3.8) is 0 Å². The van der Waals surface area contributed by atoms with Crippen molar-refractivity contribution in [2.75, 3.05) is 0 Å². The van der Waals surface area contributed by atoms with Crippen LogP contribution in [0, 0.1) is 0 Å². The van der Waals surface area contributed by atoms with E-state index in [0.717, 1.165) is 6.42 Å². The van der Waals surface area contributed by atoms with E-state index < -0.39 is 6.04 Å². The third-order valence-electron chi connectivity index (χ3n) is 3.44. The fraction of sp³-hybridized carbons (Fsp3) is 0.571. The number of hydrogen-bond acceptors (Lipinski definition) is 3. The molecule has 1 aromatic rings. The molecule has 0 aromatic carbocycles. The highest BCUT2D eigenvalue weighted by Crippen LogP contribution is 2.22. The van der Waals surface area contributed by atoms with E-state index in [-0.39, 0.29) is 17.9 Å². The second-order valence-electron chi connectivity index (χ2n) is 5.03. The van der Waals surface area contributed by atoms with Crippen LogP contribution in [0.1, 0.15) is 36.9 Å². The van der Waals surface area contributed by atoms with Crippen LogP contribution < -0.4 is 5.32 Å². The molecule has 1 aromatic heterocycles. The Morgan fingerprint density at radius 1 is 1.32 bits per heavy atom. The lowest BCUT2D eigenvalue weighted by atomic mass is 10.2. The summed E-state index contributed by atoms with van der Waals surface area (Å²) in [6, 6.07) is 3.71. The molecule has 0 radical (unpaired) electrons. The molecule has 2 atom stereocenters. The van der Waals surface area contributed by atoms with Gasteiger partial charge in [0.1, 0.15) is 6.04 Å². The molecule has 2 unspecified atom stereocenters. The van der Waals surface area contributed by atoms with Gasteiger partial charge in [0.25, 0.3) is 0 Å². The van der Waals surface area contributed by atoms with E-state index >= 15 is 0 Å². The van der Waals surface area contributed by atoms with Gasteiger partial charge in [-0.05, 0) is 32.4 Å². The maximum absolute atomic E-state index is 12.3. The summed E-state index contributed by atoms with van der Waals surface area (Å²) in [5, 5.41) is 2.73. The van der Waals surface area contributed by atoms with Crippen molar-refractivity contribution in [2.45, 2.75) is 52.2 Å². The lowest BCUT2D eigenvalue weighted by Crippen LogP contribution is -2.44. The van der Waals surface area contributed by atoms with Crippen LogP contribution in [-0.2, 0) is 22.6 Å². The zero-order chi connectivity index (χ0) is 14.0. The van der Waals surface area contributed by atoms with E-state index in [1.54, 1.807) is 18.3 Å². The molecule has 1 fully saturated rings. The third-order valence-corrected chi connectivity index (χ3v) is 4.65. The smallest absolute Gasteiger partial charge is 0.245 e. The van der Waals surface area contributed by atoms with E-state index in [0.29, 0.717) is 13.0 Å². The van der Waals surface area contributed by atoms with Crippen molar-refractivity contribution in [3.8, 4) is 0 Å². The molecule has 104 valence electrons. The molecule has 0 spiro atoms. The van der Waals surface area contributed by atoms with Crippen LogP contribution in [0.15, 0.2) is 12.1 Å². The highest BCUT2D eigenvalue weighted by atomic mass is 32.1. The van der Waals surface area contributed by atoms with E-state index in [2.05, 4.69) is 24.4 Å². The summed E-state index contributed by atoms with van der Waals surface area (Å²) in [7, 11) is 0. The summed E-state index contributed by atoms with van der Waals surface area (Å²) < 4.78 is 0. The van der Waals surface area contributed by atoms with Crippen molar-refractivity contribution in [1.82, 2.24) is 10.2 Å². The molecular weight excluding hydrogens is 260 g/mol. The van der Waals surface area contributed by atoms with Crippen LogP contribution >= 0.6 is 11.3 Å². The van der Waals surface area contributed by atoms with Crippen LogP contribution in [-0.4, -0.2) is 28.8 Å². The summed E-state index contributed by atoms with van der Waals surface area (Å²) in [4.78, 5) is 28.2. The van der Waals surface area contributed by atoms with Crippen LogP contribution in [0.3, 0.4) is 0 Å². The number of thiophene rings is 1. The van der Waals surface area contributed by atoms with Gasteiger partial charge >= 0.3 is 0 Å². The first kappa shape index (κ1) is 14.1. The Hall–Kier alpha value is -1.36. The predicted molar refractivity (Wildman–Crippen MR) is 75.9 cm³/mol. The molecule has 1 aliphatic heterocycles. The van der Waals surface area contributed by atoms with E-state index in [1.807, 2.05) is 11.8 Å². The standard InChI is InChI=1S/C14H20N2O2S/c1-4-11-5-6-12(19-11)8-16-9(2)7-13(17)15-10(3)14(16)18/h5-6,9-10H,4,7-8H2,1-3H3,(H,15,17). The third kappa shape index (κ3) is 3.15. The molecule has 4 nitrogen and oxygen atoms in total. The molecule has 19 heavy (non-hydrogen) atoms. The normalized spacial score (nSPS) is 24.3. The lowest BCUT2D eigenvalue weighted by molar-refractivity contribution is -0.135. The lowest BCUT2D eigenvalue weighted by Gasteiger charge is -2.27. The zero-order valence-electron chi connectivity index (χ0n) is 11.6. The first-order chi connectivity index (χ1) is 9.01. The fourth-order valence-electron chi connectivity index (χ4n) is 2.31. The summed E-state index contributed by atoms with van der Waals surface area (Å²) in [6.07, 6.45) is 1.40. The Bertz CT molecular complexity index is 484. The first-order valence-electron chi connectivity index (χ1n) is 6.68. The molecule has 1 aliphatic rings. The van der Waals surface area contributed by atoms with Crippen molar-refractivity contribution in [1.29, 1.82) is 0 Å². The minimum absolute atomic E-state index is 0.00444. The highest BCUT2D eigenvalue weighted by molar-refractivity contribution is 7.11. The van der Waals surface area contributed by atoms with Gasteiger partial charge in [-0.3, -0.25) is 9.59 Å². The Kier molecular flexibility index (Phi) is 4.24. The number of nitrogens with zero attached hydrogens (tertiary/aromatic N) is 1. The van der Waals surface area contributed by atoms with Gasteiger partial charge in [0.15, 0.2) is 0 Å². The zero-order valence-corrected chi connectivity index (χ0v) is 12.4. The van der Waals surface area contributed by atoms with Gasteiger partial charge in [-0.25, -0.2) is 0 Å². The van der Waals surface area contributed by atoms with Crippen LogP contribution in [0.2, 0.25) is 0 Å². The van der Waals surface area contributed by atoms with Crippen LogP contribution in [0.25, 0.3) is 0 Å². The Morgan fingerprint density at radius 3 is 2.63 bits per heavy atom. The molecule has 0 saturated carbocycles. The predicted octanol–water partition coefficient (Wildman–Crippen LogP) is 1.94. The quantitative estimate of drug-likeness (QED) is 0.920. The highest BCUT2D eigenvalue weighted by Gasteiger charge is 2.31. The van der Waals surface area contributed by atoms with Crippen LogP contribution in [0.5, 0.6) is 0 Å². The van der Waals surface area contributed by atoms with Gasteiger partial charge in [-0.2, -0.15) is 0 Å². The number of rotatable bonds is 3. The first-order valence-corrected chi connectivity index (χ1v) is 7.50. The number of aryl methyl sites for hydroxylation is 1. The number of hydrogen-bond donors (Lipinski definition) is 1. The maximum Gasteiger partial charge on any atom is 0.245 e. The second-order valence-corrected chi connectivity index (χ2v) is 6.28. The van der Waals surface area contributed by atoms with E-state index in [1.165, 1.54) is 9.75 Å².